The molecule has 0 aromatic heterocycles. The highest BCUT2D eigenvalue weighted by molar-refractivity contribution is 5.73. The van der Waals surface area contributed by atoms with Crippen LogP contribution in [-0.2, 0) is 9.53 Å². The van der Waals surface area contributed by atoms with Crippen LogP contribution in [0.25, 0.3) is 0 Å². The van der Waals surface area contributed by atoms with Gasteiger partial charge in [0.25, 0.3) is 0 Å². The van der Waals surface area contributed by atoms with Gasteiger partial charge in [-0.3, -0.25) is 10.1 Å². The lowest BCUT2D eigenvalue weighted by Gasteiger charge is -2.18. The minimum Gasteiger partial charge on any atom is -0.480 e. The number of hydrogen-bond donors (Lipinski definition) is 2. The molecule has 0 saturated heterocycles. The van der Waals surface area contributed by atoms with Crippen molar-refractivity contribution in [1.29, 1.82) is 0 Å². The molecule has 2 atom stereocenters. The molecule has 0 aliphatic heterocycles. The molecular weight excluding hydrogens is 170 g/mol. The van der Waals surface area contributed by atoms with E-state index in [1.165, 1.54) is 7.11 Å². The summed E-state index contributed by atoms with van der Waals surface area (Å²) in [7, 11) is 1.48. The first kappa shape index (κ1) is 12.1. The first-order valence-corrected chi connectivity index (χ1v) is 4.20. The highest BCUT2D eigenvalue weighted by atomic mass is 16.5. The van der Waals surface area contributed by atoms with Gasteiger partial charge in [-0.2, -0.15) is 0 Å². The summed E-state index contributed by atoms with van der Waals surface area (Å²) in [5.41, 5.74) is 0. The third kappa shape index (κ3) is 5.38. The molecule has 0 saturated carbocycles. The molecule has 4 heteroatoms. The predicted molar refractivity (Wildman–Crippen MR) is 50.7 cm³/mol. The van der Waals surface area contributed by atoms with Crippen molar-refractivity contribution in [3.8, 4) is 0 Å². The van der Waals surface area contributed by atoms with Gasteiger partial charge in [0.1, 0.15) is 6.04 Å². The lowest BCUT2D eigenvalue weighted by Crippen LogP contribution is -2.44. The van der Waals surface area contributed by atoms with Crippen LogP contribution in [0.5, 0.6) is 0 Å². The van der Waals surface area contributed by atoms with E-state index in [1.807, 2.05) is 6.92 Å². The lowest BCUT2D eigenvalue weighted by molar-refractivity contribution is -0.141. The molecule has 0 amide bonds. The fourth-order valence-corrected chi connectivity index (χ4v) is 1.02. The van der Waals surface area contributed by atoms with E-state index in [2.05, 4.69) is 11.9 Å². The van der Waals surface area contributed by atoms with Crippen LogP contribution in [0.3, 0.4) is 0 Å². The third-order valence-electron chi connectivity index (χ3n) is 1.64. The molecule has 76 valence electrons. The first-order chi connectivity index (χ1) is 6.11. The number of hydrogen-bond acceptors (Lipinski definition) is 3. The van der Waals surface area contributed by atoms with E-state index in [0.717, 1.165) is 6.42 Å². The van der Waals surface area contributed by atoms with Crippen LogP contribution in [0.4, 0.5) is 0 Å². The van der Waals surface area contributed by atoms with Crippen molar-refractivity contribution < 1.29 is 14.6 Å². The van der Waals surface area contributed by atoms with Gasteiger partial charge in [-0.15, -0.1) is 6.58 Å². The van der Waals surface area contributed by atoms with Crippen LogP contribution in [-0.4, -0.2) is 36.9 Å². The number of ether oxygens (including phenoxy) is 1. The van der Waals surface area contributed by atoms with Crippen LogP contribution in [0.2, 0.25) is 0 Å². The van der Waals surface area contributed by atoms with E-state index in [1.54, 1.807) is 6.08 Å². The molecule has 0 fully saturated rings. The molecular formula is C9H17NO3. The second-order valence-corrected chi connectivity index (χ2v) is 2.94. The zero-order valence-electron chi connectivity index (χ0n) is 8.12. The second-order valence-electron chi connectivity index (χ2n) is 2.94. The largest absolute Gasteiger partial charge is 0.480 e. The molecule has 0 radical (unpaired) electrons. The number of carbonyl (C=O) groups is 1. The minimum absolute atomic E-state index is 0.105. The number of rotatable bonds is 7. The lowest BCUT2D eigenvalue weighted by atomic mass is 10.2. The molecule has 0 bridgehead atoms. The van der Waals surface area contributed by atoms with E-state index in [9.17, 15) is 4.79 Å². The summed E-state index contributed by atoms with van der Waals surface area (Å²) < 4.78 is 4.78. The van der Waals surface area contributed by atoms with E-state index in [0.29, 0.717) is 0 Å². The standard InChI is InChI=1S/C9H17NO3/c1-4-5-7(2)10-8(6-13-3)9(11)12/h4,7-8,10H,1,5-6H2,2-3H3,(H,11,12). The minimum atomic E-state index is -0.891. The quantitative estimate of drug-likeness (QED) is 0.574. The summed E-state index contributed by atoms with van der Waals surface area (Å²) in [6, 6.07) is -0.534. The molecule has 0 spiro atoms. The van der Waals surface area contributed by atoms with Crippen LogP contribution in [0.1, 0.15) is 13.3 Å². The van der Waals surface area contributed by atoms with Crippen molar-refractivity contribution in [2.75, 3.05) is 13.7 Å². The van der Waals surface area contributed by atoms with Gasteiger partial charge < -0.3 is 9.84 Å². The molecule has 0 aliphatic rings. The monoisotopic (exact) mass is 187 g/mol. The number of nitrogens with one attached hydrogen (secondary N) is 1. The highest BCUT2D eigenvalue weighted by Crippen LogP contribution is 1.95. The molecule has 0 rings (SSSR count). The molecule has 0 heterocycles. The Morgan fingerprint density at radius 3 is 2.77 bits per heavy atom. The smallest absolute Gasteiger partial charge is 0.323 e. The second kappa shape index (κ2) is 6.62. The van der Waals surface area contributed by atoms with E-state index in [4.69, 9.17) is 9.84 Å². The van der Waals surface area contributed by atoms with Crippen molar-refractivity contribution in [1.82, 2.24) is 5.32 Å². The summed E-state index contributed by atoms with van der Waals surface area (Å²) in [6.07, 6.45) is 2.50. The Bertz CT molecular complexity index is 170. The highest BCUT2D eigenvalue weighted by Gasteiger charge is 2.18. The maximum atomic E-state index is 10.7. The Hall–Kier alpha value is -0.870. The molecule has 0 aromatic carbocycles. The van der Waals surface area contributed by atoms with E-state index < -0.39 is 12.0 Å². The van der Waals surface area contributed by atoms with Crippen molar-refractivity contribution in [3.05, 3.63) is 12.7 Å². The van der Waals surface area contributed by atoms with Gasteiger partial charge in [0, 0.05) is 13.2 Å². The number of aliphatic carboxylic acids is 1. The Morgan fingerprint density at radius 2 is 2.38 bits per heavy atom. The normalized spacial score (nSPS) is 14.9. The van der Waals surface area contributed by atoms with Gasteiger partial charge in [-0.05, 0) is 13.3 Å². The van der Waals surface area contributed by atoms with Crippen molar-refractivity contribution in [3.63, 3.8) is 0 Å². The Labute approximate surface area is 78.6 Å². The summed E-state index contributed by atoms with van der Waals surface area (Å²) in [5.74, 6) is -0.891. The van der Waals surface area contributed by atoms with Gasteiger partial charge in [0.2, 0.25) is 0 Å². The summed E-state index contributed by atoms with van der Waals surface area (Å²) in [5, 5.41) is 11.7. The average molecular weight is 187 g/mol. The van der Waals surface area contributed by atoms with Crippen molar-refractivity contribution in [2.45, 2.75) is 25.4 Å². The molecule has 0 aliphatic carbocycles. The van der Waals surface area contributed by atoms with Crippen LogP contribution in [0, 0.1) is 0 Å². The Kier molecular flexibility index (Phi) is 6.18. The van der Waals surface area contributed by atoms with Crippen LogP contribution < -0.4 is 5.32 Å². The first-order valence-electron chi connectivity index (χ1n) is 4.20. The van der Waals surface area contributed by atoms with Gasteiger partial charge >= 0.3 is 5.97 Å². The van der Waals surface area contributed by atoms with Gasteiger partial charge in [0.15, 0.2) is 0 Å². The molecule has 2 unspecified atom stereocenters. The summed E-state index contributed by atoms with van der Waals surface area (Å²) in [4.78, 5) is 10.7. The van der Waals surface area contributed by atoms with E-state index >= 15 is 0 Å². The van der Waals surface area contributed by atoms with Crippen LogP contribution in [0.15, 0.2) is 12.7 Å². The van der Waals surface area contributed by atoms with Gasteiger partial charge in [-0.1, -0.05) is 6.08 Å². The average Bonchev–Trinajstić information content (AvgIpc) is 2.04. The number of methoxy groups -OCH3 is 1. The van der Waals surface area contributed by atoms with E-state index in [-0.39, 0.29) is 12.6 Å². The summed E-state index contributed by atoms with van der Waals surface area (Å²) >= 11 is 0. The fraction of sp³-hybridized carbons (Fsp3) is 0.667. The predicted octanol–water partition coefficient (Wildman–Crippen LogP) is 0.640. The van der Waals surface area contributed by atoms with Gasteiger partial charge in [-0.25, -0.2) is 0 Å². The third-order valence-corrected chi connectivity index (χ3v) is 1.64. The van der Waals surface area contributed by atoms with Gasteiger partial charge in [0.05, 0.1) is 6.61 Å². The summed E-state index contributed by atoms with van der Waals surface area (Å²) in [6.45, 7) is 5.67. The maximum absolute atomic E-state index is 10.7. The maximum Gasteiger partial charge on any atom is 0.323 e. The van der Waals surface area contributed by atoms with Crippen molar-refractivity contribution in [2.24, 2.45) is 0 Å². The fourth-order valence-electron chi connectivity index (χ4n) is 1.02. The molecule has 2 N–H and O–H groups in total. The molecule has 4 nitrogen and oxygen atoms in total. The topological polar surface area (TPSA) is 58.6 Å². The molecule has 13 heavy (non-hydrogen) atoms. The zero-order chi connectivity index (χ0) is 10.3. The zero-order valence-corrected chi connectivity index (χ0v) is 8.12. The van der Waals surface area contributed by atoms with Crippen molar-refractivity contribution >= 4 is 5.97 Å². The SMILES string of the molecule is C=CCC(C)NC(COC)C(=O)O. The Morgan fingerprint density at radius 1 is 1.77 bits per heavy atom. The number of carboxylic acid groups (broad SMARTS) is 1. The number of carboxylic acids is 1. The Balaban J connectivity index is 3.93. The van der Waals surface area contributed by atoms with Crippen LogP contribution >= 0.6 is 0 Å². The molecule has 0 aromatic rings.